The van der Waals surface area contributed by atoms with Gasteiger partial charge >= 0.3 is 0 Å². The number of hydrogen-bond acceptors (Lipinski definition) is 4. The number of oxime groups is 1. The molecule has 1 saturated carbocycles. The summed E-state index contributed by atoms with van der Waals surface area (Å²) in [7, 11) is 0. The summed E-state index contributed by atoms with van der Waals surface area (Å²) in [6.45, 7) is 3.21. The van der Waals surface area contributed by atoms with Crippen LogP contribution in [0.25, 0.3) is 0 Å². The first kappa shape index (κ1) is 12.7. The zero-order valence-electron chi connectivity index (χ0n) is 10.7. The van der Waals surface area contributed by atoms with Crippen molar-refractivity contribution in [3.8, 4) is 0 Å². The maximum Gasteiger partial charge on any atom is 0.170 e. The molecule has 1 aliphatic carbocycles. The van der Waals surface area contributed by atoms with Crippen molar-refractivity contribution in [2.45, 2.75) is 38.6 Å². The number of nitrogens with zero attached hydrogens (tertiary/aromatic N) is 3. The number of nitrogens with two attached hydrogens (primary N) is 1. The molecule has 5 nitrogen and oxygen atoms in total. The van der Waals surface area contributed by atoms with Crippen LogP contribution in [0.5, 0.6) is 0 Å². The molecule has 1 aromatic heterocycles. The normalized spacial score (nSPS) is 15.7. The van der Waals surface area contributed by atoms with Crippen LogP contribution < -0.4 is 10.6 Å². The molecular formula is C13H20N4O. The van der Waals surface area contributed by atoms with E-state index in [9.17, 15) is 0 Å². The third-order valence-corrected chi connectivity index (χ3v) is 3.18. The Labute approximate surface area is 107 Å². The van der Waals surface area contributed by atoms with Crippen LogP contribution >= 0.6 is 0 Å². The molecule has 0 amide bonds. The number of rotatable bonds is 6. The lowest BCUT2D eigenvalue weighted by Crippen LogP contribution is -2.28. The quantitative estimate of drug-likeness (QED) is 0.349. The Morgan fingerprint density at radius 3 is 3.00 bits per heavy atom. The lowest BCUT2D eigenvalue weighted by molar-refractivity contribution is 0.318. The minimum atomic E-state index is 0.130. The maximum atomic E-state index is 8.71. The summed E-state index contributed by atoms with van der Waals surface area (Å²) >= 11 is 0. The van der Waals surface area contributed by atoms with Gasteiger partial charge in [0.15, 0.2) is 5.84 Å². The fourth-order valence-electron chi connectivity index (χ4n) is 1.99. The zero-order valence-corrected chi connectivity index (χ0v) is 10.7. The van der Waals surface area contributed by atoms with Crippen LogP contribution in [0.4, 0.5) is 5.82 Å². The molecule has 5 heteroatoms. The SMILES string of the molecule is CCCCN(c1cc(C(N)=NO)ccn1)C1CC1. The molecule has 1 fully saturated rings. The summed E-state index contributed by atoms with van der Waals surface area (Å²) in [5.74, 6) is 1.06. The highest BCUT2D eigenvalue weighted by atomic mass is 16.4. The van der Waals surface area contributed by atoms with Gasteiger partial charge in [0.1, 0.15) is 5.82 Å². The first-order chi connectivity index (χ1) is 8.76. The summed E-state index contributed by atoms with van der Waals surface area (Å²) in [6, 6.07) is 4.26. The highest BCUT2D eigenvalue weighted by Gasteiger charge is 2.29. The number of hydrogen-bond donors (Lipinski definition) is 2. The molecule has 0 bridgehead atoms. The van der Waals surface area contributed by atoms with Gasteiger partial charge in [0.05, 0.1) is 0 Å². The van der Waals surface area contributed by atoms with Crippen molar-refractivity contribution in [2.24, 2.45) is 10.9 Å². The number of unbranched alkanes of at least 4 members (excludes halogenated alkanes) is 1. The zero-order chi connectivity index (χ0) is 13.0. The van der Waals surface area contributed by atoms with E-state index in [4.69, 9.17) is 10.9 Å². The monoisotopic (exact) mass is 248 g/mol. The fourth-order valence-corrected chi connectivity index (χ4v) is 1.99. The van der Waals surface area contributed by atoms with E-state index in [1.54, 1.807) is 12.3 Å². The van der Waals surface area contributed by atoms with E-state index in [-0.39, 0.29) is 5.84 Å². The van der Waals surface area contributed by atoms with Gasteiger partial charge in [-0.2, -0.15) is 0 Å². The maximum absolute atomic E-state index is 8.71. The Bertz CT molecular complexity index is 429. The van der Waals surface area contributed by atoms with E-state index in [2.05, 4.69) is 22.0 Å². The molecule has 0 spiro atoms. The van der Waals surface area contributed by atoms with E-state index in [1.807, 2.05) is 6.07 Å². The summed E-state index contributed by atoms with van der Waals surface area (Å²) in [5, 5.41) is 11.7. The Kier molecular flexibility index (Phi) is 4.02. The largest absolute Gasteiger partial charge is 0.409 e. The van der Waals surface area contributed by atoms with E-state index >= 15 is 0 Å². The molecule has 2 rings (SSSR count). The number of amidine groups is 1. The molecule has 1 aromatic rings. The van der Waals surface area contributed by atoms with E-state index in [0.717, 1.165) is 18.8 Å². The van der Waals surface area contributed by atoms with Crippen LogP contribution in [-0.4, -0.2) is 28.6 Å². The first-order valence-corrected chi connectivity index (χ1v) is 6.47. The Morgan fingerprint density at radius 2 is 2.39 bits per heavy atom. The van der Waals surface area contributed by atoms with Gasteiger partial charge in [0.2, 0.25) is 0 Å². The molecule has 0 aliphatic heterocycles. The van der Waals surface area contributed by atoms with Crippen LogP contribution in [0, 0.1) is 0 Å². The van der Waals surface area contributed by atoms with Crippen molar-refractivity contribution in [1.82, 2.24) is 4.98 Å². The average Bonchev–Trinajstić information content (AvgIpc) is 3.23. The summed E-state index contributed by atoms with van der Waals surface area (Å²) < 4.78 is 0. The van der Waals surface area contributed by atoms with Gasteiger partial charge in [0.25, 0.3) is 0 Å². The highest BCUT2D eigenvalue weighted by Crippen LogP contribution is 2.31. The predicted octanol–water partition coefficient (Wildman–Crippen LogP) is 1.94. The number of pyridine rings is 1. The highest BCUT2D eigenvalue weighted by molar-refractivity contribution is 5.97. The second kappa shape index (κ2) is 5.71. The van der Waals surface area contributed by atoms with Crippen LogP contribution in [0.3, 0.4) is 0 Å². The second-order valence-electron chi connectivity index (χ2n) is 4.67. The lowest BCUT2D eigenvalue weighted by atomic mass is 10.2. The van der Waals surface area contributed by atoms with Crippen molar-refractivity contribution in [2.75, 3.05) is 11.4 Å². The molecule has 3 N–H and O–H groups in total. The Balaban J connectivity index is 2.19. The second-order valence-corrected chi connectivity index (χ2v) is 4.67. The van der Waals surface area contributed by atoms with Gasteiger partial charge in [0, 0.05) is 24.3 Å². The van der Waals surface area contributed by atoms with E-state index < -0.39 is 0 Å². The topological polar surface area (TPSA) is 74.7 Å². The van der Waals surface area contributed by atoms with Crippen molar-refractivity contribution in [3.63, 3.8) is 0 Å². The van der Waals surface area contributed by atoms with Crippen molar-refractivity contribution in [3.05, 3.63) is 23.9 Å². The molecule has 0 atom stereocenters. The minimum Gasteiger partial charge on any atom is -0.409 e. The molecule has 0 unspecified atom stereocenters. The van der Waals surface area contributed by atoms with Crippen LogP contribution in [-0.2, 0) is 0 Å². The minimum absolute atomic E-state index is 0.130. The van der Waals surface area contributed by atoms with Crippen molar-refractivity contribution < 1.29 is 5.21 Å². The van der Waals surface area contributed by atoms with Gasteiger partial charge in [-0.15, -0.1) is 0 Å². The summed E-state index contributed by atoms with van der Waals surface area (Å²) in [4.78, 5) is 6.74. The molecule has 0 saturated heterocycles. The number of anilines is 1. The molecule has 1 aliphatic rings. The van der Waals surface area contributed by atoms with Gasteiger partial charge in [-0.1, -0.05) is 18.5 Å². The molecule has 0 radical (unpaired) electrons. The Morgan fingerprint density at radius 1 is 1.61 bits per heavy atom. The van der Waals surface area contributed by atoms with Crippen LogP contribution in [0.15, 0.2) is 23.5 Å². The van der Waals surface area contributed by atoms with Crippen molar-refractivity contribution in [1.29, 1.82) is 0 Å². The predicted molar refractivity (Wildman–Crippen MR) is 72.0 cm³/mol. The fraction of sp³-hybridized carbons (Fsp3) is 0.538. The molecule has 0 aromatic carbocycles. The molecule has 1 heterocycles. The number of aromatic nitrogens is 1. The lowest BCUT2D eigenvalue weighted by Gasteiger charge is -2.23. The van der Waals surface area contributed by atoms with Gasteiger partial charge in [-0.25, -0.2) is 4.98 Å². The standard InChI is InChI=1S/C13H20N4O/c1-2-3-8-17(11-4-5-11)12-9-10(6-7-15-12)13(14)16-18/h6-7,9,11,18H,2-5,8H2,1H3,(H2,14,16). The van der Waals surface area contributed by atoms with E-state index in [1.165, 1.54) is 19.3 Å². The molecular weight excluding hydrogens is 228 g/mol. The van der Waals surface area contributed by atoms with Crippen LogP contribution in [0.1, 0.15) is 38.2 Å². The van der Waals surface area contributed by atoms with Gasteiger partial charge < -0.3 is 15.8 Å². The van der Waals surface area contributed by atoms with Crippen LogP contribution in [0.2, 0.25) is 0 Å². The van der Waals surface area contributed by atoms with Crippen molar-refractivity contribution >= 4 is 11.7 Å². The summed E-state index contributed by atoms with van der Waals surface area (Å²) in [6.07, 6.45) is 6.51. The van der Waals surface area contributed by atoms with Gasteiger partial charge in [-0.05, 0) is 31.4 Å². The smallest absolute Gasteiger partial charge is 0.170 e. The molecule has 98 valence electrons. The average molecular weight is 248 g/mol. The molecule has 18 heavy (non-hydrogen) atoms. The third-order valence-electron chi connectivity index (χ3n) is 3.18. The Hall–Kier alpha value is -1.78. The summed E-state index contributed by atoms with van der Waals surface area (Å²) in [5.41, 5.74) is 6.32. The third kappa shape index (κ3) is 2.91. The van der Waals surface area contributed by atoms with E-state index in [0.29, 0.717) is 11.6 Å². The van der Waals surface area contributed by atoms with Gasteiger partial charge in [-0.3, -0.25) is 0 Å². The first-order valence-electron chi connectivity index (χ1n) is 6.47.